The molecular formula is C13H15N3O2. The summed E-state index contributed by atoms with van der Waals surface area (Å²) in [5, 5.41) is 9.63. The summed E-state index contributed by atoms with van der Waals surface area (Å²) in [6.45, 7) is 1.90. The molecule has 0 saturated heterocycles. The van der Waals surface area contributed by atoms with Crippen molar-refractivity contribution in [1.29, 1.82) is 0 Å². The number of benzene rings is 1. The average Bonchev–Trinajstić information content (AvgIpc) is 2.74. The first-order valence-corrected chi connectivity index (χ1v) is 5.62. The molecule has 0 aliphatic rings. The summed E-state index contributed by atoms with van der Waals surface area (Å²) in [4.78, 5) is 11.8. The number of H-pyrrole nitrogens is 1. The van der Waals surface area contributed by atoms with E-state index < -0.39 is 0 Å². The fourth-order valence-corrected chi connectivity index (χ4v) is 1.64. The molecule has 0 radical (unpaired) electrons. The van der Waals surface area contributed by atoms with E-state index in [9.17, 15) is 4.79 Å². The molecule has 0 fully saturated rings. The van der Waals surface area contributed by atoms with Crippen LogP contribution in [0.4, 0.5) is 5.69 Å². The summed E-state index contributed by atoms with van der Waals surface area (Å²) in [6.07, 6.45) is 0.252. The number of nitrogens with zero attached hydrogens (tertiary/aromatic N) is 1. The molecule has 0 atom stereocenters. The van der Waals surface area contributed by atoms with Crippen LogP contribution in [0.3, 0.4) is 0 Å². The molecule has 0 aliphatic carbocycles. The number of anilines is 1. The summed E-state index contributed by atoms with van der Waals surface area (Å²) >= 11 is 0. The molecule has 2 rings (SSSR count). The SMILES string of the molecule is COc1cccc(NC(=O)Cc2cc(C)[nH]n2)c1. The molecule has 0 spiro atoms. The quantitative estimate of drug-likeness (QED) is 0.864. The molecule has 2 N–H and O–H groups in total. The number of methoxy groups -OCH3 is 1. The fourth-order valence-electron chi connectivity index (χ4n) is 1.64. The number of carbonyl (C=O) groups excluding carboxylic acids is 1. The van der Waals surface area contributed by atoms with Crippen LogP contribution in [-0.2, 0) is 11.2 Å². The van der Waals surface area contributed by atoms with Gasteiger partial charge in [0.05, 0.1) is 19.2 Å². The molecule has 0 unspecified atom stereocenters. The third kappa shape index (κ3) is 3.10. The lowest BCUT2D eigenvalue weighted by Crippen LogP contribution is -2.14. The highest BCUT2D eigenvalue weighted by molar-refractivity contribution is 5.92. The maximum Gasteiger partial charge on any atom is 0.230 e. The number of hydrogen-bond donors (Lipinski definition) is 2. The van der Waals surface area contributed by atoms with Gasteiger partial charge in [-0.3, -0.25) is 9.89 Å². The Labute approximate surface area is 105 Å². The Morgan fingerprint density at radius 3 is 2.94 bits per heavy atom. The Hall–Kier alpha value is -2.30. The van der Waals surface area contributed by atoms with Crippen LogP contribution in [0.15, 0.2) is 30.3 Å². The summed E-state index contributed by atoms with van der Waals surface area (Å²) < 4.78 is 5.09. The van der Waals surface area contributed by atoms with Gasteiger partial charge in [-0.2, -0.15) is 5.10 Å². The van der Waals surface area contributed by atoms with Crippen molar-refractivity contribution in [2.75, 3.05) is 12.4 Å². The van der Waals surface area contributed by atoms with Crippen molar-refractivity contribution in [3.63, 3.8) is 0 Å². The lowest BCUT2D eigenvalue weighted by molar-refractivity contribution is -0.115. The second-order valence-corrected chi connectivity index (χ2v) is 4.00. The van der Waals surface area contributed by atoms with Crippen LogP contribution in [0.25, 0.3) is 0 Å². The highest BCUT2D eigenvalue weighted by Gasteiger charge is 2.07. The summed E-state index contributed by atoms with van der Waals surface area (Å²) in [5.41, 5.74) is 2.39. The molecule has 0 aliphatic heterocycles. The summed E-state index contributed by atoms with van der Waals surface area (Å²) in [7, 11) is 1.59. The third-order valence-corrected chi connectivity index (χ3v) is 2.45. The van der Waals surface area contributed by atoms with Crippen molar-refractivity contribution in [2.45, 2.75) is 13.3 Å². The van der Waals surface area contributed by atoms with Crippen molar-refractivity contribution < 1.29 is 9.53 Å². The standard InChI is InChI=1S/C13H15N3O2/c1-9-6-11(16-15-9)8-13(17)14-10-4-3-5-12(7-10)18-2/h3-7H,8H2,1-2H3,(H,14,17)(H,15,16). The van der Waals surface area contributed by atoms with E-state index in [0.29, 0.717) is 11.4 Å². The highest BCUT2D eigenvalue weighted by atomic mass is 16.5. The Kier molecular flexibility index (Phi) is 3.62. The van der Waals surface area contributed by atoms with Crippen LogP contribution in [0.5, 0.6) is 5.75 Å². The number of aromatic nitrogens is 2. The zero-order chi connectivity index (χ0) is 13.0. The highest BCUT2D eigenvalue weighted by Crippen LogP contribution is 2.16. The van der Waals surface area contributed by atoms with Crippen LogP contribution < -0.4 is 10.1 Å². The molecule has 18 heavy (non-hydrogen) atoms. The normalized spacial score (nSPS) is 10.1. The number of hydrogen-bond acceptors (Lipinski definition) is 3. The number of carbonyl (C=O) groups is 1. The van der Waals surface area contributed by atoms with Gasteiger partial charge in [0.1, 0.15) is 5.75 Å². The summed E-state index contributed by atoms with van der Waals surface area (Å²) in [6, 6.07) is 9.09. The predicted molar refractivity (Wildman–Crippen MR) is 68.7 cm³/mol. The first kappa shape index (κ1) is 12.2. The van der Waals surface area contributed by atoms with Gasteiger partial charge in [-0.1, -0.05) is 6.07 Å². The van der Waals surface area contributed by atoms with E-state index in [0.717, 1.165) is 11.4 Å². The molecular weight excluding hydrogens is 230 g/mol. The van der Waals surface area contributed by atoms with Crippen molar-refractivity contribution in [1.82, 2.24) is 10.2 Å². The van der Waals surface area contributed by atoms with Crippen LogP contribution in [0.2, 0.25) is 0 Å². The number of ether oxygens (including phenoxy) is 1. The van der Waals surface area contributed by atoms with Gasteiger partial charge in [0.15, 0.2) is 0 Å². The van der Waals surface area contributed by atoms with E-state index in [4.69, 9.17) is 4.74 Å². The minimum atomic E-state index is -0.102. The molecule has 0 saturated carbocycles. The van der Waals surface area contributed by atoms with E-state index in [1.165, 1.54) is 0 Å². The fraction of sp³-hybridized carbons (Fsp3) is 0.231. The minimum Gasteiger partial charge on any atom is -0.497 e. The molecule has 1 aromatic heterocycles. The number of rotatable bonds is 4. The maximum atomic E-state index is 11.8. The molecule has 2 aromatic rings. The average molecular weight is 245 g/mol. The van der Waals surface area contributed by atoms with E-state index in [2.05, 4.69) is 15.5 Å². The zero-order valence-electron chi connectivity index (χ0n) is 10.4. The van der Waals surface area contributed by atoms with Gasteiger partial charge in [0.2, 0.25) is 5.91 Å². The van der Waals surface area contributed by atoms with Gasteiger partial charge in [-0.05, 0) is 25.1 Å². The van der Waals surface area contributed by atoms with Gasteiger partial charge in [0, 0.05) is 17.4 Å². The van der Waals surface area contributed by atoms with Crippen molar-refractivity contribution in [3.8, 4) is 5.75 Å². The topological polar surface area (TPSA) is 67.0 Å². The van der Waals surface area contributed by atoms with Crippen molar-refractivity contribution >= 4 is 11.6 Å². The molecule has 94 valence electrons. The number of aromatic amines is 1. The first-order chi connectivity index (χ1) is 8.67. The summed E-state index contributed by atoms with van der Waals surface area (Å²) in [5.74, 6) is 0.609. The Balaban J connectivity index is 1.98. The van der Waals surface area contributed by atoms with Crippen molar-refractivity contribution in [3.05, 3.63) is 41.7 Å². The van der Waals surface area contributed by atoms with E-state index in [1.807, 2.05) is 31.2 Å². The number of aryl methyl sites for hydroxylation is 1. The maximum absolute atomic E-state index is 11.8. The van der Waals surface area contributed by atoms with E-state index in [-0.39, 0.29) is 12.3 Å². The smallest absolute Gasteiger partial charge is 0.230 e. The Morgan fingerprint density at radius 2 is 2.28 bits per heavy atom. The van der Waals surface area contributed by atoms with Gasteiger partial charge in [-0.15, -0.1) is 0 Å². The molecule has 0 bridgehead atoms. The molecule has 1 amide bonds. The van der Waals surface area contributed by atoms with Gasteiger partial charge >= 0.3 is 0 Å². The van der Waals surface area contributed by atoms with E-state index >= 15 is 0 Å². The van der Waals surface area contributed by atoms with Crippen LogP contribution >= 0.6 is 0 Å². The molecule has 5 heteroatoms. The van der Waals surface area contributed by atoms with Gasteiger partial charge in [-0.25, -0.2) is 0 Å². The monoisotopic (exact) mass is 245 g/mol. The second-order valence-electron chi connectivity index (χ2n) is 4.00. The first-order valence-electron chi connectivity index (χ1n) is 5.62. The van der Waals surface area contributed by atoms with Gasteiger partial charge in [0.25, 0.3) is 0 Å². The second kappa shape index (κ2) is 5.35. The Bertz CT molecular complexity index is 549. The van der Waals surface area contributed by atoms with Crippen LogP contribution in [0.1, 0.15) is 11.4 Å². The zero-order valence-corrected chi connectivity index (χ0v) is 10.4. The predicted octanol–water partition coefficient (Wildman–Crippen LogP) is 1.91. The van der Waals surface area contributed by atoms with Crippen LogP contribution in [0, 0.1) is 6.92 Å². The van der Waals surface area contributed by atoms with Crippen LogP contribution in [-0.4, -0.2) is 23.2 Å². The van der Waals surface area contributed by atoms with Crippen molar-refractivity contribution in [2.24, 2.45) is 0 Å². The minimum absolute atomic E-state index is 0.102. The molecule has 1 heterocycles. The number of nitrogens with one attached hydrogen (secondary N) is 2. The third-order valence-electron chi connectivity index (χ3n) is 2.45. The number of amides is 1. The molecule has 1 aromatic carbocycles. The Morgan fingerprint density at radius 1 is 1.44 bits per heavy atom. The lowest BCUT2D eigenvalue weighted by Gasteiger charge is -2.05. The van der Waals surface area contributed by atoms with Gasteiger partial charge < -0.3 is 10.1 Å². The molecule has 5 nitrogen and oxygen atoms in total. The van der Waals surface area contributed by atoms with E-state index in [1.54, 1.807) is 13.2 Å². The lowest BCUT2D eigenvalue weighted by atomic mass is 10.2. The largest absolute Gasteiger partial charge is 0.497 e.